The number of aryl methyl sites for hydroxylation is 2. The molecular weight excluding hydrogens is 330 g/mol. The van der Waals surface area contributed by atoms with E-state index in [1.165, 1.54) is 33.6 Å². The Bertz CT molecular complexity index is 785. The molecule has 0 fully saturated rings. The quantitative estimate of drug-likeness (QED) is 0.535. The molecule has 0 saturated heterocycles. The number of aromatic nitrogens is 1. The Labute approximate surface area is 143 Å². The molecule has 1 aromatic heterocycles. The summed E-state index contributed by atoms with van der Waals surface area (Å²) in [6.07, 6.45) is 0. The topological polar surface area (TPSA) is 96.1 Å². The molecule has 0 spiro atoms. The van der Waals surface area contributed by atoms with E-state index in [9.17, 15) is 0 Å². The maximum Gasteiger partial charge on any atom is 0.178 e. The fourth-order valence-corrected chi connectivity index (χ4v) is 2.59. The first-order valence-corrected chi connectivity index (χ1v) is 8.47. The van der Waals surface area contributed by atoms with Crippen molar-refractivity contribution in [2.75, 3.05) is 0 Å². The fourth-order valence-electron chi connectivity index (χ4n) is 2.59. The van der Waals surface area contributed by atoms with Crippen molar-refractivity contribution in [1.82, 2.24) is 0 Å². The van der Waals surface area contributed by atoms with Gasteiger partial charge >= 0.3 is 0 Å². The van der Waals surface area contributed by atoms with E-state index in [1.54, 1.807) is 0 Å². The Hall–Kier alpha value is -2.02. The summed E-state index contributed by atoms with van der Waals surface area (Å²) < 4.78 is 36.2. The van der Waals surface area contributed by atoms with Gasteiger partial charge in [-0.3, -0.25) is 0 Å². The van der Waals surface area contributed by atoms with Crippen molar-refractivity contribution in [2.24, 2.45) is 7.05 Å². The highest BCUT2D eigenvalue weighted by atomic mass is 35.7. The van der Waals surface area contributed by atoms with Crippen molar-refractivity contribution >= 4 is 0 Å². The van der Waals surface area contributed by atoms with E-state index in [4.69, 9.17) is 18.6 Å². The minimum absolute atomic E-state index is 1.28. The lowest BCUT2D eigenvalue weighted by atomic mass is 10.0. The van der Waals surface area contributed by atoms with Crippen LogP contribution in [0.1, 0.15) is 11.4 Å². The Morgan fingerprint density at radius 2 is 1.21 bits per heavy atom. The van der Waals surface area contributed by atoms with E-state index in [2.05, 4.69) is 80.1 Å². The Morgan fingerprint density at radius 1 is 0.708 bits per heavy atom. The number of nitrogens with zero attached hydrogens (tertiary/aromatic N) is 1. The van der Waals surface area contributed by atoms with Gasteiger partial charge in [0.2, 0.25) is 0 Å². The summed E-state index contributed by atoms with van der Waals surface area (Å²) in [6, 6.07) is 19.6. The maximum atomic E-state index is 8.49. The summed E-state index contributed by atoms with van der Waals surface area (Å²) in [5, 5.41) is 0. The molecule has 5 nitrogen and oxygen atoms in total. The van der Waals surface area contributed by atoms with Crippen LogP contribution < -0.4 is 23.2 Å². The average molecular weight is 348 g/mol. The molecule has 2 aliphatic carbocycles. The molecule has 24 heavy (non-hydrogen) atoms. The molecule has 0 atom stereocenters. The predicted octanol–water partition coefficient (Wildman–Crippen LogP) is -0.856. The maximum absolute atomic E-state index is 8.49. The summed E-state index contributed by atoms with van der Waals surface area (Å²) in [6.45, 7) is 4.31. The zero-order valence-electron chi connectivity index (χ0n) is 13.7. The van der Waals surface area contributed by atoms with Crippen molar-refractivity contribution in [1.29, 1.82) is 0 Å². The standard InChI is InChI=1S/C18H18N.ClHO4/c1-13-11-16(12-14(2)19(13)3)18-10-9-15-7-5-4-6-8-17(15)18;2-1(3,4)5/h4-12H,1-3H3;(H,2,3,4,5)/q+1;/p-1. The van der Waals surface area contributed by atoms with Gasteiger partial charge in [0.15, 0.2) is 11.4 Å². The van der Waals surface area contributed by atoms with E-state index in [-0.39, 0.29) is 0 Å². The molecule has 0 aromatic carbocycles. The highest BCUT2D eigenvalue weighted by Crippen LogP contribution is 2.34. The molecule has 0 saturated carbocycles. The number of pyridine rings is 1. The molecule has 0 amide bonds. The molecule has 6 heteroatoms. The van der Waals surface area contributed by atoms with E-state index in [0.29, 0.717) is 0 Å². The number of rotatable bonds is 1. The summed E-state index contributed by atoms with van der Waals surface area (Å²) in [5.74, 6) is 0. The van der Waals surface area contributed by atoms with Gasteiger partial charge in [-0.25, -0.2) is 23.2 Å². The SMILES string of the molecule is Cc1cc(-c2ccc3cccccc2-3)cc(C)[n+]1C.[O-][Cl+3]([O-])([O-])[O-]. The van der Waals surface area contributed by atoms with Gasteiger partial charge in [0.25, 0.3) is 0 Å². The summed E-state index contributed by atoms with van der Waals surface area (Å²) in [4.78, 5) is 0. The second-order valence-electron chi connectivity index (χ2n) is 5.49. The van der Waals surface area contributed by atoms with Crippen molar-refractivity contribution < 1.29 is 33.4 Å². The Morgan fingerprint density at radius 3 is 1.79 bits per heavy atom. The van der Waals surface area contributed by atoms with Crippen LogP contribution in [0.25, 0.3) is 22.3 Å². The van der Waals surface area contributed by atoms with Crippen LogP contribution in [-0.4, -0.2) is 0 Å². The third kappa shape index (κ3) is 4.74. The normalized spacial score (nSPS) is 11.1. The second kappa shape index (κ2) is 7.25. The first kappa shape index (κ1) is 18.3. The predicted molar refractivity (Wildman–Crippen MR) is 79.2 cm³/mol. The van der Waals surface area contributed by atoms with Crippen molar-refractivity contribution in [2.45, 2.75) is 13.8 Å². The monoisotopic (exact) mass is 347 g/mol. The lowest BCUT2D eigenvalue weighted by Crippen LogP contribution is -2.68. The van der Waals surface area contributed by atoms with Crippen LogP contribution in [0.5, 0.6) is 0 Å². The molecule has 2 aliphatic rings. The molecule has 0 unspecified atom stereocenters. The van der Waals surface area contributed by atoms with Gasteiger partial charge in [-0.05, 0) is 22.3 Å². The smallest absolute Gasteiger partial charge is 0.178 e. The fraction of sp³-hybridized carbons (Fsp3) is 0.167. The van der Waals surface area contributed by atoms with Gasteiger partial charge < -0.3 is 0 Å². The van der Waals surface area contributed by atoms with Crippen molar-refractivity contribution in [3.8, 4) is 22.3 Å². The molecule has 0 N–H and O–H groups in total. The summed E-state index contributed by atoms with van der Waals surface area (Å²) in [5.41, 5.74) is 7.79. The van der Waals surface area contributed by atoms with Crippen LogP contribution in [0, 0.1) is 24.1 Å². The van der Waals surface area contributed by atoms with Crippen molar-refractivity contribution in [3.63, 3.8) is 0 Å². The number of hydrogen-bond donors (Lipinski definition) is 0. The molecule has 0 radical (unpaired) electrons. The molecule has 126 valence electrons. The number of hydrogen-bond acceptors (Lipinski definition) is 4. The first-order valence-electron chi connectivity index (χ1n) is 7.24. The van der Waals surface area contributed by atoms with E-state index < -0.39 is 10.2 Å². The minimum Gasteiger partial charge on any atom is -0.222 e. The van der Waals surface area contributed by atoms with Gasteiger partial charge in [-0.2, -0.15) is 0 Å². The number of fused-ring (bicyclic) bond motifs is 1. The third-order valence-electron chi connectivity index (χ3n) is 3.89. The second-order valence-corrected chi connectivity index (χ2v) is 6.25. The van der Waals surface area contributed by atoms with E-state index in [0.717, 1.165) is 0 Å². The van der Waals surface area contributed by atoms with Crippen LogP contribution in [0.4, 0.5) is 0 Å². The third-order valence-corrected chi connectivity index (χ3v) is 3.89. The zero-order chi connectivity index (χ0) is 17.9. The summed E-state index contributed by atoms with van der Waals surface area (Å²) in [7, 11) is -2.84. The largest absolute Gasteiger partial charge is 0.222 e. The molecule has 1 heterocycles. The van der Waals surface area contributed by atoms with Gasteiger partial charge in [0.1, 0.15) is 7.05 Å². The van der Waals surface area contributed by atoms with Gasteiger partial charge in [0, 0.05) is 26.0 Å². The van der Waals surface area contributed by atoms with Gasteiger partial charge in [0.05, 0.1) is 0 Å². The Balaban J connectivity index is 0.000000368. The Kier molecular flexibility index (Phi) is 5.54. The van der Waals surface area contributed by atoms with Crippen LogP contribution in [0.2, 0.25) is 0 Å². The highest BCUT2D eigenvalue weighted by Gasteiger charge is 2.14. The molecule has 0 bridgehead atoms. The van der Waals surface area contributed by atoms with Crippen LogP contribution in [0.3, 0.4) is 0 Å². The molecule has 3 rings (SSSR count). The van der Waals surface area contributed by atoms with Gasteiger partial charge in [-0.15, -0.1) is 10.2 Å². The molecular formula is C18H18ClNO4. The van der Waals surface area contributed by atoms with Crippen LogP contribution in [-0.2, 0) is 7.05 Å². The average Bonchev–Trinajstić information content (AvgIpc) is 2.71. The lowest BCUT2D eigenvalue weighted by molar-refractivity contribution is -2.00. The first-order chi connectivity index (χ1) is 11.2. The van der Waals surface area contributed by atoms with Crippen LogP contribution in [0.15, 0.2) is 54.6 Å². The highest BCUT2D eigenvalue weighted by molar-refractivity contribution is 5.86. The van der Waals surface area contributed by atoms with Crippen molar-refractivity contribution in [3.05, 3.63) is 66.0 Å². The summed E-state index contributed by atoms with van der Waals surface area (Å²) >= 11 is 0. The number of halogens is 1. The zero-order valence-corrected chi connectivity index (χ0v) is 14.4. The lowest BCUT2D eigenvalue weighted by Gasteiger charge is -2.17. The van der Waals surface area contributed by atoms with E-state index >= 15 is 0 Å². The minimum atomic E-state index is -4.94. The van der Waals surface area contributed by atoms with E-state index in [1.807, 2.05) is 0 Å². The van der Waals surface area contributed by atoms with Crippen LogP contribution >= 0.6 is 0 Å². The molecule has 0 aliphatic heterocycles. The molecule has 1 aromatic rings. The van der Waals surface area contributed by atoms with Gasteiger partial charge in [-0.1, -0.05) is 42.5 Å².